The Morgan fingerprint density at radius 1 is 1.56 bits per heavy atom. The summed E-state index contributed by atoms with van der Waals surface area (Å²) >= 11 is 0. The number of carbonyl (C=O) groups excluding carboxylic acids is 1. The number of fused-ring (bicyclic) bond motifs is 1. The van der Waals surface area contributed by atoms with Crippen molar-refractivity contribution in [3.05, 3.63) is 29.3 Å². The Morgan fingerprint density at radius 3 is 2.94 bits per heavy atom. The van der Waals surface area contributed by atoms with Crippen LogP contribution in [0.15, 0.2) is 18.2 Å². The molecule has 0 aliphatic carbocycles. The minimum Gasteiger partial charge on any atom is -0.326 e. The lowest BCUT2D eigenvalue weighted by atomic mass is 9.91. The lowest BCUT2D eigenvalue weighted by Gasteiger charge is -2.21. The predicted octanol–water partition coefficient (Wildman–Crippen LogP) is 1.99. The molecule has 1 aromatic rings. The third-order valence-corrected chi connectivity index (χ3v) is 3.43. The quantitative estimate of drug-likeness (QED) is 0.850. The minimum atomic E-state index is -0.0573. The van der Waals surface area contributed by atoms with E-state index < -0.39 is 0 Å². The van der Waals surface area contributed by atoms with Crippen molar-refractivity contribution in [3.63, 3.8) is 0 Å². The first kappa shape index (κ1) is 12.6. The van der Waals surface area contributed by atoms with Gasteiger partial charge in [0.15, 0.2) is 0 Å². The summed E-state index contributed by atoms with van der Waals surface area (Å²) < 4.78 is 0. The van der Waals surface area contributed by atoms with Crippen molar-refractivity contribution in [1.82, 2.24) is 5.32 Å². The van der Waals surface area contributed by atoms with Crippen LogP contribution in [0.5, 0.6) is 0 Å². The highest BCUT2D eigenvalue weighted by Crippen LogP contribution is 2.30. The summed E-state index contributed by atoms with van der Waals surface area (Å²) in [5, 5.41) is 15.2. The summed E-state index contributed by atoms with van der Waals surface area (Å²) in [6.07, 6.45) is 1.24. The molecule has 0 bridgehead atoms. The van der Waals surface area contributed by atoms with Crippen molar-refractivity contribution < 1.29 is 4.79 Å². The fraction of sp³-hybridized carbons (Fsp3) is 0.429. The van der Waals surface area contributed by atoms with Gasteiger partial charge in [-0.05, 0) is 30.7 Å². The first-order valence-corrected chi connectivity index (χ1v) is 6.19. The summed E-state index contributed by atoms with van der Waals surface area (Å²) in [4.78, 5) is 11.3. The molecule has 1 amide bonds. The second-order valence-corrected chi connectivity index (χ2v) is 4.55. The Balaban J connectivity index is 2.31. The topological polar surface area (TPSA) is 64.9 Å². The average Bonchev–Trinajstić information content (AvgIpc) is 2.74. The van der Waals surface area contributed by atoms with E-state index >= 15 is 0 Å². The molecule has 2 unspecified atom stereocenters. The van der Waals surface area contributed by atoms with E-state index in [0.29, 0.717) is 6.42 Å². The van der Waals surface area contributed by atoms with Gasteiger partial charge in [0.1, 0.15) is 0 Å². The molecule has 4 heteroatoms. The summed E-state index contributed by atoms with van der Waals surface area (Å²) in [7, 11) is 1.86. The number of carbonyl (C=O) groups is 1. The molecule has 0 saturated heterocycles. The largest absolute Gasteiger partial charge is 0.326 e. The maximum absolute atomic E-state index is 11.3. The van der Waals surface area contributed by atoms with Gasteiger partial charge in [0, 0.05) is 11.7 Å². The normalized spacial score (nSPS) is 16.6. The molecule has 0 saturated carbocycles. The van der Waals surface area contributed by atoms with Crippen LogP contribution in [0.2, 0.25) is 0 Å². The number of hydrogen-bond acceptors (Lipinski definition) is 3. The van der Waals surface area contributed by atoms with Crippen LogP contribution >= 0.6 is 0 Å². The highest BCUT2D eigenvalue weighted by atomic mass is 16.1. The molecular weight excluding hydrogens is 226 g/mol. The predicted molar refractivity (Wildman–Crippen MR) is 70.0 cm³/mol. The smallest absolute Gasteiger partial charge is 0.228 e. The van der Waals surface area contributed by atoms with Crippen molar-refractivity contribution in [2.24, 2.45) is 5.92 Å². The van der Waals surface area contributed by atoms with Crippen molar-refractivity contribution in [2.75, 3.05) is 12.4 Å². The number of nitrogens with zero attached hydrogens (tertiary/aromatic N) is 1. The molecule has 1 heterocycles. The monoisotopic (exact) mass is 243 g/mol. The maximum Gasteiger partial charge on any atom is 0.228 e. The molecule has 94 valence electrons. The Bertz CT molecular complexity index is 504. The van der Waals surface area contributed by atoms with Gasteiger partial charge in [-0.25, -0.2) is 0 Å². The standard InChI is InChI=1S/C14H17N3O/c1-3-9(8-15)14(16-2)10-4-5-12-11(6-10)7-13(18)17-12/h4-6,9,14,16H,3,7H2,1-2H3,(H,17,18). The highest BCUT2D eigenvalue weighted by Gasteiger charge is 2.23. The SMILES string of the molecule is CCC(C#N)C(NC)c1ccc2c(c1)CC(=O)N2. The molecule has 18 heavy (non-hydrogen) atoms. The summed E-state index contributed by atoms with van der Waals surface area (Å²) in [6, 6.07) is 8.27. The molecular formula is C14H17N3O. The van der Waals surface area contributed by atoms with E-state index in [0.717, 1.165) is 23.2 Å². The Labute approximate surface area is 107 Å². The van der Waals surface area contributed by atoms with Gasteiger partial charge >= 0.3 is 0 Å². The van der Waals surface area contributed by atoms with Gasteiger partial charge in [-0.3, -0.25) is 4.79 Å². The fourth-order valence-electron chi connectivity index (χ4n) is 2.44. The molecule has 1 aromatic carbocycles. The number of hydrogen-bond donors (Lipinski definition) is 2. The zero-order chi connectivity index (χ0) is 13.1. The van der Waals surface area contributed by atoms with Crippen LogP contribution in [0.4, 0.5) is 5.69 Å². The van der Waals surface area contributed by atoms with Crippen LogP contribution in [-0.2, 0) is 11.2 Å². The van der Waals surface area contributed by atoms with Crippen LogP contribution in [0.25, 0.3) is 0 Å². The Kier molecular flexibility index (Phi) is 3.63. The third kappa shape index (κ3) is 2.22. The molecule has 4 nitrogen and oxygen atoms in total. The van der Waals surface area contributed by atoms with Gasteiger partial charge in [0.25, 0.3) is 0 Å². The van der Waals surface area contributed by atoms with Crippen molar-refractivity contribution >= 4 is 11.6 Å². The van der Waals surface area contributed by atoms with Crippen LogP contribution in [0.3, 0.4) is 0 Å². The number of amides is 1. The zero-order valence-electron chi connectivity index (χ0n) is 10.7. The molecule has 2 rings (SSSR count). The molecule has 0 aromatic heterocycles. The zero-order valence-corrected chi connectivity index (χ0v) is 10.7. The number of rotatable bonds is 4. The van der Waals surface area contributed by atoms with Gasteiger partial charge in [0.05, 0.1) is 18.4 Å². The second kappa shape index (κ2) is 5.19. The van der Waals surface area contributed by atoms with Gasteiger partial charge in [-0.2, -0.15) is 5.26 Å². The number of nitriles is 1. The number of anilines is 1. The van der Waals surface area contributed by atoms with Crippen LogP contribution in [0, 0.1) is 17.2 Å². The molecule has 2 N–H and O–H groups in total. The van der Waals surface area contributed by atoms with E-state index in [1.54, 1.807) is 0 Å². The van der Waals surface area contributed by atoms with Gasteiger partial charge in [-0.15, -0.1) is 0 Å². The average molecular weight is 243 g/mol. The highest BCUT2D eigenvalue weighted by molar-refractivity contribution is 5.99. The molecule has 0 spiro atoms. The van der Waals surface area contributed by atoms with Gasteiger partial charge in [0.2, 0.25) is 5.91 Å². The second-order valence-electron chi connectivity index (χ2n) is 4.55. The van der Waals surface area contributed by atoms with Crippen molar-refractivity contribution in [3.8, 4) is 6.07 Å². The van der Waals surface area contributed by atoms with E-state index in [9.17, 15) is 4.79 Å². The minimum absolute atomic E-state index is 0.0148. The van der Waals surface area contributed by atoms with E-state index in [1.165, 1.54) is 0 Å². The first-order valence-electron chi connectivity index (χ1n) is 6.19. The molecule has 0 fully saturated rings. The van der Waals surface area contributed by atoms with Crippen LogP contribution in [-0.4, -0.2) is 13.0 Å². The maximum atomic E-state index is 11.3. The van der Waals surface area contributed by atoms with E-state index in [1.807, 2.05) is 32.2 Å². The Morgan fingerprint density at radius 2 is 2.33 bits per heavy atom. The summed E-state index contributed by atoms with van der Waals surface area (Å²) in [5.74, 6) is -0.0198. The van der Waals surface area contributed by atoms with Gasteiger partial charge in [-0.1, -0.05) is 19.1 Å². The number of benzene rings is 1. The summed E-state index contributed by atoms with van der Waals surface area (Å²) in [5.41, 5.74) is 2.98. The lowest BCUT2D eigenvalue weighted by Crippen LogP contribution is -2.24. The van der Waals surface area contributed by atoms with Crippen LogP contribution in [0.1, 0.15) is 30.5 Å². The van der Waals surface area contributed by atoms with Crippen molar-refractivity contribution in [2.45, 2.75) is 25.8 Å². The van der Waals surface area contributed by atoms with E-state index in [-0.39, 0.29) is 17.9 Å². The third-order valence-electron chi connectivity index (χ3n) is 3.43. The van der Waals surface area contributed by atoms with E-state index in [2.05, 4.69) is 16.7 Å². The summed E-state index contributed by atoms with van der Waals surface area (Å²) in [6.45, 7) is 2.01. The first-order chi connectivity index (χ1) is 8.69. The Hall–Kier alpha value is -1.86. The molecule has 2 atom stereocenters. The molecule has 1 aliphatic heterocycles. The molecule has 0 radical (unpaired) electrons. The lowest BCUT2D eigenvalue weighted by molar-refractivity contribution is -0.115. The van der Waals surface area contributed by atoms with Crippen molar-refractivity contribution in [1.29, 1.82) is 5.26 Å². The molecule has 1 aliphatic rings. The van der Waals surface area contributed by atoms with E-state index in [4.69, 9.17) is 5.26 Å². The van der Waals surface area contributed by atoms with Crippen LogP contribution < -0.4 is 10.6 Å². The number of nitrogens with one attached hydrogen (secondary N) is 2. The van der Waals surface area contributed by atoms with Gasteiger partial charge < -0.3 is 10.6 Å². The fourth-order valence-corrected chi connectivity index (χ4v) is 2.44.